The smallest absolute Gasteiger partial charge is 0.235 e. The van der Waals surface area contributed by atoms with Gasteiger partial charge in [0.1, 0.15) is 23.2 Å². The fourth-order valence-corrected chi connectivity index (χ4v) is 3.32. The summed E-state index contributed by atoms with van der Waals surface area (Å²) in [7, 11) is 0. The van der Waals surface area contributed by atoms with Gasteiger partial charge in [0.25, 0.3) is 0 Å². The van der Waals surface area contributed by atoms with Gasteiger partial charge in [0.2, 0.25) is 5.91 Å². The third-order valence-corrected chi connectivity index (χ3v) is 4.81. The number of imidazole rings is 1. The summed E-state index contributed by atoms with van der Waals surface area (Å²) in [5.74, 6) is 1.89. The molecule has 3 aromatic heterocycles. The number of carbonyl (C=O) groups excluding carboxylic acids is 1. The number of nitrogen functional groups attached to an aromatic ring is 1. The van der Waals surface area contributed by atoms with E-state index in [1.165, 1.54) is 0 Å². The molecule has 26 heavy (non-hydrogen) atoms. The molecule has 0 spiro atoms. The summed E-state index contributed by atoms with van der Waals surface area (Å²) < 4.78 is 1.82. The van der Waals surface area contributed by atoms with Crippen molar-refractivity contribution in [1.29, 1.82) is 0 Å². The Balaban J connectivity index is 1.89. The van der Waals surface area contributed by atoms with Crippen molar-refractivity contribution in [2.24, 2.45) is 0 Å². The van der Waals surface area contributed by atoms with E-state index in [0.717, 1.165) is 30.6 Å². The predicted molar refractivity (Wildman–Crippen MR) is 98.7 cm³/mol. The van der Waals surface area contributed by atoms with E-state index in [-0.39, 0.29) is 5.91 Å². The monoisotopic (exact) mass is 351 g/mol. The zero-order valence-electron chi connectivity index (χ0n) is 15.1. The SMILES string of the molecule is CCCCc1nc(-c2nc(N)c3c(n2)NC(=O)C3(C)C)c2cccnn12. The molecular weight excluding hydrogens is 330 g/mol. The maximum absolute atomic E-state index is 12.2. The van der Waals surface area contributed by atoms with Crippen molar-refractivity contribution in [2.45, 2.75) is 45.4 Å². The molecule has 8 nitrogen and oxygen atoms in total. The second kappa shape index (κ2) is 5.76. The number of rotatable bonds is 4. The third-order valence-electron chi connectivity index (χ3n) is 4.81. The lowest BCUT2D eigenvalue weighted by atomic mass is 9.87. The number of anilines is 2. The normalized spacial score (nSPS) is 15.3. The van der Waals surface area contributed by atoms with Crippen molar-refractivity contribution >= 4 is 23.1 Å². The van der Waals surface area contributed by atoms with Gasteiger partial charge in [0.15, 0.2) is 5.82 Å². The van der Waals surface area contributed by atoms with Gasteiger partial charge in [-0.15, -0.1) is 0 Å². The van der Waals surface area contributed by atoms with Crippen molar-refractivity contribution < 1.29 is 4.79 Å². The number of hydrogen-bond donors (Lipinski definition) is 2. The maximum atomic E-state index is 12.2. The van der Waals surface area contributed by atoms with E-state index in [1.807, 2.05) is 30.5 Å². The number of fused-ring (bicyclic) bond motifs is 2. The van der Waals surface area contributed by atoms with Crippen LogP contribution in [0.1, 0.15) is 45.0 Å². The molecule has 0 aliphatic carbocycles. The molecule has 4 heterocycles. The minimum Gasteiger partial charge on any atom is -0.383 e. The Kier molecular flexibility index (Phi) is 3.64. The minimum atomic E-state index is -0.748. The number of amides is 1. The molecule has 1 aliphatic heterocycles. The zero-order chi connectivity index (χ0) is 18.5. The zero-order valence-corrected chi connectivity index (χ0v) is 15.1. The van der Waals surface area contributed by atoms with Crippen LogP contribution in [0.3, 0.4) is 0 Å². The average Bonchev–Trinajstić information content (AvgIpc) is 3.08. The van der Waals surface area contributed by atoms with Crippen LogP contribution in [-0.2, 0) is 16.6 Å². The third kappa shape index (κ3) is 2.33. The van der Waals surface area contributed by atoms with Crippen LogP contribution in [0.4, 0.5) is 11.6 Å². The highest BCUT2D eigenvalue weighted by molar-refractivity contribution is 6.06. The summed E-state index contributed by atoms with van der Waals surface area (Å²) in [6.45, 7) is 5.76. The summed E-state index contributed by atoms with van der Waals surface area (Å²) in [4.78, 5) is 26.0. The standard InChI is InChI=1S/C18H21N7O/c1-4-5-8-11-21-13(10-7-6-9-20-25(10)11)16-22-14(19)12-15(23-16)24-17(26)18(12,2)3/h6-7,9H,4-5,8H2,1-3H3,(H3,19,22,23,24,26). The first-order valence-electron chi connectivity index (χ1n) is 8.76. The van der Waals surface area contributed by atoms with Gasteiger partial charge in [-0.3, -0.25) is 4.79 Å². The van der Waals surface area contributed by atoms with E-state index >= 15 is 0 Å². The van der Waals surface area contributed by atoms with E-state index < -0.39 is 5.41 Å². The molecule has 0 bridgehead atoms. The number of aromatic nitrogens is 5. The molecule has 0 unspecified atom stereocenters. The van der Waals surface area contributed by atoms with Gasteiger partial charge in [-0.25, -0.2) is 19.5 Å². The Morgan fingerprint density at radius 3 is 2.85 bits per heavy atom. The summed E-state index contributed by atoms with van der Waals surface area (Å²) >= 11 is 0. The highest BCUT2D eigenvalue weighted by Crippen LogP contribution is 2.40. The number of nitrogens with two attached hydrogens (primary N) is 1. The van der Waals surface area contributed by atoms with E-state index in [9.17, 15) is 4.79 Å². The molecule has 0 saturated heterocycles. The van der Waals surface area contributed by atoms with Crippen LogP contribution in [0, 0.1) is 0 Å². The Morgan fingerprint density at radius 2 is 2.08 bits per heavy atom. The van der Waals surface area contributed by atoms with Crippen LogP contribution >= 0.6 is 0 Å². The van der Waals surface area contributed by atoms with Crippen LogP contribution in [0.5, 0.6) is 0 Å². The summed E-state index contributed by atoms with van der Waals surface area (Å²) in [5, 5.41) is 7.22. The number of hydrogen-bond acceptors (Lipinski definition) is 6. The van der Waals surface area contributed by atoms with Crippen LogP contribution in [0.25, 0.3) is 17.0 Å². The van der Waals surface area contributed by atoms with Gasteiger partial charge in [0, 0.05) is 12.6 Å². The Labute approximate surface area is 150 Å². The molecule has 3 N–H and O–H groups in total. The molecule has 3 aromatic rings. The molecule has 134 valence electrons. The van der Waals surface area contributed by atoms with Crippen LogP contribution in [-0.4, -0.2) is 30.5 Å². The Morgan fingerprint density at radius 1 is 1.27 bits per heavy atom. The topological polar surface area (TPSA) is 111 Å². The molecule has 0 aromatic carbocycles. The molecule has 0 atom stereocenters. The molecule has 1 amide bonds. The van der Waals surface area contributed by atoms with Crippen molar-refractivity contribution in [1.82, 2.24) is 24.6 Å². The molecule has 8 heteroatoms. The lowest BCUT2D eigenvalue weighted by Gasteiger charge is -2.15. The van der Waals surface area contributed by atoms with Crippen molar-refractivity contribution in [3.8, 4) is 11.5 Å². The van der Waals surface area contributed by atoms with Crippen molar-refractivity contribution in [2.75, 3.05) is 11.1 Å². The molecule has 1 aliphatic rings. The van der Waals surface area contributed by atoms with Crippen LogP contribution in [0.2, 0.25) is 0 Å². The van der Waals surface area contributed by atoms with Gasteiger partial charge in [-0.2, -0.15) is 5.10 Å². The maximum Gasteiger partial charge on any atom is 0.235 e. The lowest BCUT2D eigenvalue weighted by molar-refractivity contribution is -0.119. The predicted octanol–water partition coefficient (Wildman–Crippen LogP) is 2.34. The van der Waals surface area contributed by atoms with E-state index in [0.29, 0.717) is 28.7 Å². The highest BCUT2D eigenvalue weighted by Gasteiger charge is 2.42. The first-order valence-corrected chi connectivity index (χ1v) is 8.76. The van der Waals surface area contributed by atoms with Gasteiger partial charge >= 0.3 is 0 Å². The van der Waals surface area contributed by atoms with Gasteiger partial charge in [-0.1, -0.05) is 13.3 Å². The number of carbonyl (C=O) groups is 1. The number of nitrogens with zero attached hydrogens (tertiary/aromatic N) is 5. The fourth-order valence-electron chi connectivity index (χ4n) is 3.32. The second-order valence-electron chi connectivity index (χ2n) is 7.04. The average molecular weight is 351 g/mol. The number of nitrogens with one attached hydrogen (secondary N) is 1. The molecule has 0 fully saturated rings. The highest BCUT2D eigenvalue weighted by atomic mass is 16.2. The Hall–Kier alpha value is -3.03. The molecular formula is C18H21N7O. The summed E-state index contributed by atoms with van der Waals surface area (Å²) in [6, 6.07) is 3.78. The fraction of sp³-hybridized carbons (Fsp3) is 0.389. The van der Waals surface area contributed by atoms with Crippen molar-refractivity contribution in [3.05, 3.63) is 29.7 Å². The van der Waals surface area contributed by atoms with Crippen molar-refractivity contribution in [3.63, 3.8) is 0 Å². The van der Waals surface area contributed by atoms with E-state index in [4.69, 9.17) is 10.7 Å². The molecule has 0 radical (unpaired) electrons. The van der Waals surface area contributed by atoms with Crippen LogP contribution in [0.15, 0.2) is 18.3 Å². The van der Waals surface area contributed by atoms with Crippen LogP contribution < -0.4 is 11.1 Å². The second-order valence-corrected chi connectivity index (χ2v) is 7.04. The quantitative estimate of drug-likeness (QED) is 0.746. The molecule has 4 rings (SSSR count). The van der Waals surface area contributed by atoms with E-state index in [2.05, 4.69) is 27.3 Å². The minimum absolute atomic E-state index is 0.134. The lowest BCUT2D eigenvalue weighted by Crippen LogP contribution is -2.27. The van der Waals surface area contributed by atoms with E-state index in [1.54, 1.807) is 6.20 Å². The molecule has 0 saturated carbocycles. The summed E-state index contributed by atoms with van der Waals surface area (Å²) in [6.07, 6.45) is 4.64. The first kappa shape index (κ1) is 16.4. The van der Waals surface area contributed by atoms with Gasteiger partial charge in [0.05, 0.1) is 16.5 Å². The largest absolute Gasteiger partial charge is 0.383 e. The Bertz CT molecular complexity index is 1020. The number of unbranched alkanes of at least 4 members (excludes halogenated alkanes) is 1. The van der Waals surface area contributed by atoms with Gasteiger partial charge in [-0.05, 0) is 32.4 Å². The summed E-state index contributed by atoms with van der Waals surface area (Å²) in [5.41, 5.74) is 7.52. The first-order chi connectivity index (χ1) is 12.4. The number of aryl methyl sites for hydroxylation is 1. The van der Waals surface area contributed by atoms with Gasteiger partial charge < -0.3 is 11.1 Å².